The number of hydrogen-bond donors (Lipinski definition) is 3. The Morgan fingerprint density at radius 2 is 2.06 bits per heavy atom. The van der Waals surface area contributed by atoms with Crippen LogP contribution in [-0.4, -0.2) is 28.8 Å². The fraction of sp³-hybridized carbons (Fsp3) is 0.273. The van der Waals surface area contributed by atoms with E-state index in [9.17, 15) is 9.59 Å². The fourth-order valence-electron chi connectivity index (χ4n) is 1.30. The molecule has 1 atom stereocenters. The number of benzene rings is 1. The molecule has 1 amide bonds. The standard InChI is InChI=1S/C11H11Cl2NO3S/c12-7-3-1-2-6(9(7)13)10(15)14-8(4-5-18)11(16)17/h1-3,8,18H,4-5H2,(H,14,15)(H,16,17)/t8-/m0/s1. The molecule has 0 unspecified atom stereocenters. The molecule has 0 aliphatic rings. The van der Waals surface area contributed by atoms with E-state index in [-0.39, 0.29) is 22.0 Å². The van der Waals surface area contributed by atoms with E-state index in [1.54, 1.807) is 12.1 Å². The molecule has 0 bridgehead atoms. The van der Waals surface area contributed by atoms with Gasteiger partial charge in [0.2, 0.25) is 0 Å². The third kappa shape index (κ3) is 3.80. The van der Waals surface area contributed by atoms with Crippen LogP contribution in [0.3, 0.4) is 0 Å². The van der Waals surface area contributed by atoms with E-state index in [1.807, 2.05) is 0 Å². The molecule has 0 aliphatic heterocycles. The topological polar surface area (TPSA) is 66.4 Å². The highest BCUT2D eigenvalue weighted by Crippen LogP contribution is 2.25. The molecule has 4 nitrogen and oxygen atoms in total. The van der Waals surface area contributed by atoms with Crippen molar-refractivity contribution in [3.8, 4) is 0 Å². The second kappa shape index (κ2) is 6.87. The summed E-state index contributed by atoms with van der Waals surface area (Å²) in [7, 11) is 0. The molecule has 0 radical (unpaired) electrons. The van der Waals surface area contributed by atoms with Crippen molar-refractivity contribution in [2.24, 2.45) is 0 Å². The number of carbonyl (C=O) groups excluding carboxylic acids is 1. The van der Waals surface area contributed by atoms with E-state index in [0.29, 0.717) is 5.75 Å². The van der Waals surface area contributed by atoms with Crippen molar-refractivity contribution in [1.82, 2.24) is 5.32 Å². The number of halogens is 2. The van der Waals surface area contributed by atoms with Gasteiger partial charge in [-0.15, -0.1) is 0 Å². The van der Waals surface area contributed by atoms with Crippen molar-refractivity contribution < 1.29 is 14.7 Å². The minimum Gasteiger partial charge on any atom is -0.480 e. The van der Waals surface area contributed by atoms with Gasteiger partial charge in [0, 0.05) is 0 Å². The maximum Gasteiger partial charge on any atom is 0.326 e. The average molecular weight is 308 g/mol. The quantitative estimate of drug-likeness (QED) is 0.732. The zero-order chi connectivity index (χ0) is 13.7. The molecule has 2 N–H and O–H groups in total. The smallest absolute Gasteiger partial charge is 0.326 e. The second-order valence-corrected chi connectivity index (χ2v) is 4.71. The van der Waals surface area contributed by atoms with Gasteiger partial charge in [0.05, 0.1) is 15.6 Å². The van der Waals surface area contributed by atoms with E-state index in [4.69, 9.17) is 28.3 Å². The summed E-state index contributed by atoms with van der Waals surface area (Å²) < 4.78 is 0. The predicted molar refractivity (Wildman–Crippen MR) is 73.8 cm³/mol. The third-order valence-corrected chi connectivity index (χ3v) is 3.29. The maximum absolute atomic E-state index is 11.9. The van der Waals surface area contributed by atoms with Crippen LogP contribution in [0.4, 0.5) is 0 Å². The SMILES string of the molecule is O=C(N[C@@H](CCS)C(=O)O)c1cccc(Cl)c1Cl. The van der Waals surface area contributed by atoms with E-state index in [1.165, 1.54) is 6.07 Å². The van der Waals surface area contributed by atoms with Crippen molar-refractivity contribution >= 4 is 47.7 Å². The summed E-state index contributed by atoms with van der Waals surface area (Å²) >= 11 is 15.6. The van der Waals surface area contributed by atoms with E-state index >= 15 is 0 Å². The zero-order valence-corrected chi connectivity index (χ0v) is 11.6. The van der Waals surface area contributed by atoms with Crippen molar-refractivity contribution in [1.29, 1.82) is 0 Å². The van der Waals surface area contributed by atoms with E-state index in [0.717, 1.165) is 0 Å². The van der Waals surface area contributed by atoms with Crippen LogP contribution in [0.15, 0.2) is 18.2 Å². The number of rotatable bonds is 5. The van der Waals surface area contributed by atoms with Crippen LogP contribution in [0.1, 0.15) is 16.8 Å². The van der Waals surface area contributed by atoms with Crippen molar-refractivity contribution in [2.75, 3.05) is 5.75 Å². The molecule has 0 heterocycles. The Bertz CT molecular complexity index is 468. The summed E-state index contributed by atoms with van der Waals surface area (Å²) in [6.45, 7) is 0. The minimum absolute atomic E-state index is 0.103. The predicted octanol–water partition coefficient (Wildman–Crippen LogP) is 2.50. The number of amides is 1. The largest absolute Gasteiger partial charge is 0.480 e. The normalized spacial score (nSPS) is 11.9. The molecule has 98 valence electrons. The van der Waals surface area contributed by atoms with Crippen LogP contribution in [0.5, 0.6) is 0 Å². The summed E-state index contributed by atoms with van der Waals surface area (Å²) in [5, 5.41) is 11.6. The number of aliphatic carboxylic acids is 1. The highest BCUT2D eigenvalue weighted by Gasteiger charge is 2.21. The van der Waals surface area contributed by atoms with Crippen LogP contribution < -0.4 is 5.32 Å². The van der Waals surface area contributed by atoms with Crippen LogP contribution in [-0.2, 0) is 4.79 Å². The first-order valence-electron chi connectivity index (χ1n) is 5.06. The number of thiol groups is 1. The molecule has 1 aromatic rings. The fourth-order valence-corrected chi connectivity index (χ4v) is 1.95. The van der Waals surface area contributed by atoms with E-state index < -0.39 is 17.9 Å². The van der Waals surface area contributed by atoms with Crippen LogP contribution in [0.25, 0.3) is 0 Å². The van der Waals surface area contributed by atoms with Crippen molar-refractivity contribution in [3.63, 3.8) is 0 Å². The number of carboxylic acids is 1. The summed E-state index contributed by atoms with van der Waals surface area (Å²) in [5.74, 6) is -1.34. The molecule has 1 rings (SSSR count). The molecule has 7 heteroatoms. The van der Waals surface area contributed by atoms with Crippen LogP contribution in [0, 0.1) is 0 Å². The first-order valence-corrected chi connectivity index (χ1v) is 6.44. The van der Waals surface area contributed by atoms with Crippen molar-refractivity contribution in [2.45, 2.75) is 12.5 Å². The summed E-state index contributed by atoms with van der Waals surface area (Å²) in [5.41, 5.74) is 0.148. The molecule has 18 heavy (non-hydrogen) atoms. The monoisotopic (exact) mass is 307 g/mol. The lowest BCUT2D eigenvalue weighted by molar-refractivity contribution is -0.139. The lowest BCUT2D eigenvalue weighted by atomic mass is 10.1. The molecule has 0 fully saturated rings. The number of hydrogen-bond acceptors (Lipinski definition) is 3. The van der Waals surface area contributed by atoms with Gasteiger partial charge in [-0.3, -0.25) is 4.79 Å². The Kier molecular flexibility index (Phi) is 5.78. The second-order valence-electron chi connectivity index (χ2n) is 3.48. The van der Waals surface area contributed by atoms with Gasteiger partial charge in [0.15, 0.2) is 0 Å². The molecule has 0 spiro atoms. The van der Waals surface area contributed by atoms with Gasteiger partial charge in [0.1, 0.15) is 6.04 Å². The Balaban J connectivity index is 2.87. The van der Waals surface area contributed by atoms with Crippen LogP contribution in [0.2, 0.25) is 10.0 Å². The number of carbonyl (C=O) groups is 2. The first-order chi connectivity index (χ1) is 8.47. The lowest BCUT2D eigenvalue weighted by Crippen LogP contribution is -2.41. The first kappa shape index (κ1) is 15.1. The van der Waals surface area contributed by atoms with Gasteiger partial charge in [-0.05, 0) is 24.3 Å². The minimum atomic E-state index is -1.12. The molecule has 1 aromatic carbocycles. The van der Waals surface area contributed by atoms with Gasteiger partial charge in [0.25, 0.3) is 5.91 Å². The Hall–Kier alpha value is -0.910. The summed E-state index contributed by atoms with van der Waals surface area (Å²) in [4.78, 5) is 22.8. The molecule has 0 saturated carbocycles. The molecular formula is C11H11Cl2NO3S. The molecule has 0 aromatic heterocycles. The number of nitrogens with one attached hydrogen (secondary N) is 1. The van der Waals surface area contributed by atoms with Gasteiger partial charge >= 0.3 is 5.97 Å². The van der Waals surface area contributed by atoms with Gasteiger partial charge in [-0.2, -0.15) is 12.6 Å². The highest BCUT2D eigenvalue weighted by atomic mass is 35.5. The van der Waals surface area contributed by atoms with Crippen LogP contribution >= 0.6 is 35.8 Å². The zero-order valence-electron chi connectivity index (χ0n) is 9.19. The molecular weight excluding hydrogens is 297 g/mol. The molecule has 0 saturated heterocycles. The Labute approximate surface area is 120 Å². The van der Waals surface area contributed by atoms with Gasteiger partial charge < -0.3 is 10.4 Å². The number of carboxylic acid groups (broad SMARTS) is 1. The third-order valence-electron chi connectivity index (χ3n) is 2.22. The maximum atomic E-state index is 11.9. The van der Waals surface area contributed by atoms with Gasteiger partial charge in [-0.25, -0.2) is 4.79 Å². The Morgan fingerprint density at radius 3 is 2.61 bits per heavy atom. The highest BCUT2D eigenvalue weighted by molar-refractivity contribution is 7.80. The summed E-state index contributed by atoms with van der Waals surface area (Å²) in [6, 6.07) is 3.59. The average Bonchev–Trinajstić information content (AvgIpc) is 2.31. The van der Waals surface area contributed by atoms with Gasteiger partial charge in [-0.1, -0.05) is 29.3 Å². The molecule has 0 aliphatic carbocycles. The van der Waals surface area contributed by atoms with Crippen molar-refractivity contribution in [3.05, 3.63) is 33.8 Å². The lowest BCUT2D eigenvalue weighted by Gasteiger charge is -2.14. The summed E-state index contributed by atoms with van der Waals surface area (Å²) in [6.07, 6.45) is 0.225. The Morgan fingerprint density at radius 1 is 1.39 bits per heavy atom. The van der Waals surface area contributed by atoms with E-state index in [2.05, 4.69) is 17.9 Å².